The highest BCUT2D eigenvalue weighted by atomic mass is 19.1. The van der Waals surface area contributed by atoms with E-state index in [2.05, 4.69) is 0 Å². The molecule has 0 aromatic heterocycles. The number of Topliss-reactive ketones (excluding diaryl/α,β-unsaturated/α-hetero) is 1. The molecule has 1 rings (SSSR count). The van der Waals surface area contributed by atoms with Crippen LogP contribution in [0.3, 0.4) is 0 Å². The Kier molecular flexibility index (Phi) is 3.14. The third-order valence-electron chi connectivity index (χ3n) is 1.75. The van der Waals surface area contributed by atoms with Gasteiger partial charge in [-0.2, -0.15) is 0 Å². The number of carbonyl (C=O) groups excluding carboxylic acids is 1. The van der Waals surface area contributed by atoms with Crippen LogP contribution in [0.1, 0.15) is 25.0 Å². The minimum atomic E-state index is -1.03. The van der Waals surface area contributed by atoms with Gasteiger partial charge in [-0.1, -0.05) is 18.2 Å². The Hall–Kier alpha value is -1.22. The van der Waals surface area contributed by atoms with E-state index in [4.69, 9.17) is 0 Å². The van der Waals surface area contributed by atoms with E-state index in [1.807, 2.05) is 0 Å². The Morgan fingerprint density at radius 2 is 2.15 bits per heavy atom. The van der Waals surface area contributed by atoms with E-state index in [-0.39, 0.29) is 17.8 Å². The van der Waals surface area contributed by atoms with Crippen LogP contribution >= 0.6 is 0 Å². The fourth-order valence-corrected chi connectivity index (χ4v) is 1.13. The third kappa shape index (κ3) is 2.63. The molecule has 0 aliphatic heterocycles. The summed E-state index contributed by atoms with van der Waals surface area (Å²) in [5, 5.41) is 9.41. The van der Waals surface area contributed by atoms with Crippen LogP contribution in [0.15, 0.2) is 24.3 Å². The van der Waals surface area contributed by atoms with Crippen molar-refractivity contribution in [3.63, 3.8) is 0 Å². The van der Waals surface area contributed by atoms with E-state index in [1.54, 1.807) is 12.1 Å². The van der Waals surface area contributed by atoms with Crippen LogP contribution in [0.5, 0.6) is 0 Å². The van der Waals surface area contributed by atoms with Crippen molar-refractivity contribution >= 4 is 5.78 Å². The molecule has 1 atom stereocenters. The average Bonchev–Trinajstić information content (AvgIpc) is 2.03. The first kappa shape index (κ1) is 9.86. The molecule has 0 spiro atoms. The smallest absolute Gasteiger partial charge is 0.132 e. The molecule has 0 bridgehead atoms. The topological polar surface area (TPSA) is 37.3 Å². The van der Waals surface area contributed by atoms with Crippen LogP contribution in [0, 0.1) is 5.82 Å². The van der Waals surface area contributed by atoms with Crippen LogP contribution in [0.4, 0.5) is 4.39 Å². The SMILES string of the molecule is CC(=O)C[C@H](O)c1ccccc1F. The van der Waals surface area contributed by atoms with Gasteiger partial charge in [0.25, 0.3) is 0 Å². The summed E-state index contributed by atoms with van der Waals surface area (Å²) in [4.78, 5) is 10.7. The zero-order valence-electron chi connectivity index (χ0n) is 7.33. The van der Waals surface area contributed by atoms with Crippen molar-refractivity contribution < 1.29 is 14.3 Å². The van der Waals surface area contributed by atoms with Crippen molar-refractivity contribution in [2.24, 2.45) is 0 Å². The molecule has 0 saturated carbocycles. The second-order valence-electron chi connectivity index (χ2n) is 2.94. The highest BCUT2D eigenvalue weighted by molar-refractivity contribution is 5.76. The first-order valence-corrected chi connectivity index (χ1v) is 4.03. The van der Waals surface area contributed by atoms with Crippen molar-refractivity contribution in [2.45, 2.75) is 19.4 Å². The lowest BCUT2D eigenvalue weighted by Crippen LogP contribution is -2.05. The van der Waals surface area contributed by atoms with Crippen molar-refractivity contribution in [3.8, 4) is 0 Å². The number of hydrogen-bond donors (Lipinski definition) is 1. The minimum Gasteiger partial charge on any atom is -0.388 e. The van der Waals surface area contributed by atoms with Crippen molar-refractivity contribution in [1.82, 2.24) is 0 Å². The predicted molar refractivity (Wildman–Crippen MR) is 46.7 cm³/mol. The van der Waals surface area contributed by atoms with Gasteiger partial charge in [-0.3, -0.25) is 4.79 Å². The van der Waals surface area contributed by atoms with Gasteiger partial charge < -0.3 is 5.11 Å². The fourth-order valence-electron chi connectivity index (χ4n) is 1.13. The van der Waals surface area contributed by atoms with Gasteiger partial charge in [0, 0.05) is 12.0 Å². The zero-order chi connectivity index (χ0) is 9.84. The van der Waals surface area contributed by atoms with Crippen molar-refractivity contribution in [2.75, 3.05) is 0 Å². The quantitative estimate of drug-likeness (QED) is 0.774. The number of rotatable bonds is 3. The molecule has 2 nitrogen and oxygen atoms in total. The number of carbonyl (C=O) groups is 1. The Morgan fingerprint density at radius 1 is 1.54 bits per heavy atom. The molecule has 0 saturated heterocycles. The lowest BCUT2D eigenvalue weighted by atomic mass is 10.0. The molecule has 0 fully saturated rings. The van der Waals surface area contributed by atoms with E-state index in [9.17, 15) is 14.3 Å². The molecule has 13 heavy (non-hydrogen) atoms. The van der Waals surface area contributed by atoms with Gasteiger partial charge in [-0.25, -0.2) is 4.39 Å². The van der Waals surface area contributed by atoms with Gasteiger partial charge in [-0.05, 0) is 13.0 Å². The average molecular weight is 182 g/mol. The molecule has 3 heteroatoms. The number of benzene rings is 1. The molecular weight excluding hydrogens is 171 g/mol. The second-order valence-corrected chi connectivity index (χ2v) is 2.94. The van der Waals surface area contributed by atoms with Crippen LogP contribution in [-0.2, 0) is 4.79 Å². The van der Waals surface area contributed by atoms with E-state index < -0.39 is 11.9 Å². The van der Waals surface area contributed by atoms with E-state index >= 15 is 0 Å². The van der Waals surface area contributed by atoms with Gasteiger partial charge in [-0.15, -0.1) is 0 Å². The number of hydrogen-bond acceptors (Lipinski definition) is 2. The molecule has 1 aromatic carbocycles. The highest BCUT2D eigenvalue weighted by Crippen LogP contribution is 2.19. The van der Waals surface area contributed by atoms with Crippen LogP contribution in [-0.4, -0.2) is 10.9 Å². The van der Waals surface area contributed by atoms with Crippen LogP contribution < -0.4 is 0 Å². The molecule has 0 heterocycles. The number of halogens is 1. The third-order valence-corrected chi connectivity index (χ3v) is 1.75. The van der Waals surface area contributed by atoms with Gasteiger partial charge in [0.1, 0.15) is 11.6 Å². The Balaban J connectivity index is 2.82. The van der Waals surface area contributed by atoms with E-state index in [0.29, 0.717) is 0 Å². The van der Waals surface area contributed by atoms with Crippen LogP contribution in [0.25, 0.3) is 0 Å². The molecular formula is C10H11FO2. The van der Waals surface area contributed by atoms with E-state index in [1.165, 1.54) is 19.1 Å². The number of aliphatic hydroxyl groups excluding tert-OH is 1. The largest absolute Gasteiger partial charge is 0.388 e. The Bertz CT molecular complexity index is 310. The molecule has 0 aliphatic rings. The monoisotopic (exact) mass is 182 g/mol. The summed E-state index contributed by atoms with van der Waals surface area (Å²) >= 11 is 0. The first-order chi connectivity index (χ1) is 6.11. The maximum absolute atomic E-state index is 13.0. The Morgan fingerprint density at radius 3 is 2.69 bits per heavy atom. The number of aliphatic hydroxyl groups is 1. The predicted octanol–water partition coefficient (Wildman–Crippen LogP) is 1.84. The normalized spacial score (nSPS) is 12.5. The summed E-state index contributed by atoms with van der Waals surface area (Å²) in [5.74, 6) is -0.632. The summed E-state index contributed by atoms with van der Waals surface area (Å²) < 4.78 is 13.0. The summed E-state index contributed by atoms with van der Waals surface area (Å²) in [6.45, 7) is 1.37. The molecule has 0 radical (unpaired) electrons. The first-order valence-electron chi connectivity index (χ1n) is 4.03. The fraction of sp³-hybridized carbons (Fsp3) is 0.300. The molecule has 1 aromatic rings. The second kappa shape index (κ2) is 4.14. The van der Waals surface area contributed by atoms with Crippen molar-refractivity contribution in [3.05, 3.63) is 35.6 Å². The maximum Gasteiger partial charge on any atom is 0.132 e. The summed E-state index contributed by atoms with van der Waals surface area (Å²) in [5.41, 5.74) is 0.178. The highest BCUT2D eigenvalue weighted by Gasteiger charge is 2.13. The lowest BCUT2D eigenvalue weighted by molar-refractivity contribution is -0.118. The molecule has 70 valence electrons. The standard InChI is InChI=1S/C10H11FO2/c1-7(12)6-10(13)8-4-2-3-5-9(8)11/h2-5,10,13H,6H2,1H3/t10-/m0/s1. The van der Waals surface area contributed by atoms with Gasteiger partial charge in [0.2, 0.25) is 0 Å². The zero-order valence-corrected chi connectivity index (χ0v) is 7.33. The molecule has 0 amide bonds. The molecule has 0 aliphatic carbocycles. The van der Waals surface area contributed by atoms with Crippen molar-refractivity contribution in [1.29, 1.82) is 0 Å². The molecule has 1 N–H and O–H groups in total. The van der Waals surface area contributed by atoms with Gasteiger partial charge >= 0.3 is 0 Å². The van der Waals surface area contributed by atoms with Gasteiger partial charge in [0.15, 0.2) is 0 Å². The maximum atomic E-state index is 13.0. The lowest BCUT2D eigenvalue weighted by Gasteiger charge is -2.09. The van der Waals surface area contributed by atoms with Crippen LogP contribution in [0.2, 0.25) is 0 Å². The summed E-state index contributed by atoms with van der Waals surface area (Å²) in [6, 6.07) is 5.91. The molecule has 0 unspecified atom stereocenters. The Labute approximate surface area is 76.0 Å². The summed E-state index contributed by atoms with van der Waals surface area (Å²) in [7, 11) is 0. The van der Waals surface area contributed by atoms with E-state index in [0.717, 1.165) is 0 Å². The summed E-state index contributed by atoms with van der Waals surface area (Å²) in [6.07, 6.45) is -1.07. The van der Waals surface area contributed by atoms with Gasteiger partial charge in [0.05, 0.1) is 6.10 Å². The number of ketones is 1. The minimum absolute atomic E-state index is 0.0407.